The van der Waals surface area contributed by atoms with E-state index < -0.39 is 18.8 Å². The summed E-state index contributed by atoms with van der Waals surface area (Å²) < 4.78 is 24.2. The minimum atomic E-state index is -3.51. The second-order valence-corrected chi connectivity index (χ2v) is 9.43. The highest BCUT2D eigenvalue weighted by Crippen LogP contribution is 2.54. The summed E-state index contributed by atoms with van der Waals surface area (Å²) in [5.41, 5.74) is -1.29. The Kier molecular flexibility index (Phi) is 7.06. The zero-order chi connectivity index (χ0) is 17.1. The Hall–Kier alpha value is -0.440. The maximum Gasteiger partial charge on any atom is 0.339 e. The maximum atomic E-state index is 13.0. The lowest BCUT2D eigenvalue weighted by atomic mass is 9.93. The quantitative estimate of drug-likeness (QED) is 0.498. The molecule has 0 saturated heterocycles. The van der Waals surface area contributed by atoms with E-state index in [0.717, 1.165) is 0 Å². The Morgan fingerprint density at radius 2 is 1.48 bits per heavy atom. The lowest BCUT2D eigenvalue weighted by Gasteiger charge is -2.32. The van der Waals surface area contributed by atoms with E-state index >= 15 is 0 Å². The topological polar surface area (TPSA) is 52.6 Å². The minimum absolute atomic E-state index is 0.0234. The molecule has 0 aliphatic heterocycles. The summed E-state index contributed by atoms with van der Waals surface area (Å²) in [4.78, 5) is 12.4. The normalized spacial score (nSPS) is 16.4. The van der Waals surface area contributed by atoms with Gasteiger partial charge in [0.15, 0.2) is 0 Å². The molecule has 0 saturated carbocycles. The predicted octanol–water partition coefficient (Wildman–Crippen LogP) is 4.84. The summed E-state index contributed by atoms with van der Waals surface area (Å²) in [6.07, 6.45) is 1.52. The molecule has 4 nitrogen and oxygen atoms in total. The molecule has 2 atom stereocenters. The summed E-state index contributed by atoms with van der Waals surface area (Å²) in [6.45, 7) is 18.2. The molecular weight excluding hydrogens is 287 g/mol. The van der Waals surface area contributed by atoms with Gasteiger partial charge in [0.1, 0.15) is 11.9 Å². The Balaban J connectivity index is 5.21. The van der Waals surface area contributed by atoms with Crippen molar-refractivity contribution in [2.45, 2.75) is 66.6 Å². The summed E-state index contributed by atoms with van der Waals surface area (Å²) in [6, 6.07) is 0. The molecule has 0 aliphatic carbocycles. The molecule has 0 aromatic rings. The van der Waals surface area contributed by atoms with Crippen LogP contribution in [-0.4, -0.2) is 23.1 Å². The van der Waals surface area contributed by atoms with Crippen molar-refractivity contribution in [2.75, 3.05) is 6.16 Å². The van der Waals surface area contributed by atoms with E-state index in [1.54, 1.807) is 47.6 Å². The van der Waals surface area contributed by atoms with E-state index in [0.29, 0.717) is 0 Å². The molecule has 0 rings (SSSR count). The van der Waals surface area contributed by atoms with Crippen LogP contribution in [0.3, 0.4) is 0 Å². The zero-order valence-corrected chi connectivity index (χ0v) is 15.6. The third-order valence-corrected chi connectivity index (χ3v) is 5.19. The molecule has 21 heavy (non-hydrogen) atoms. The molecule has 0 aromatic heterocycles. The molecular formula is C16H31O4P. The van der Waals surface area contributed by atoms with Crippen LogP contribution in [0.4, 0.5) is 0 Å². The van der Waals surface area contributed by atoms with Gasteiger partial charge >= 0.3 is 7.60 Å². The zero-order valence-electron chi connectivity index (χ0n) is 14.7. The lowest BCUT2D eigenvalue weighted by Crippen LogP contribution is -2.29. The van der Waals surface area contributed by atoms with Crippen molar-refractivity contribution in [1.82, 2.24) is 0 Å². The van der Waals surface area contributed by atoms with Gasteiger partial charge < -0.3 is 9.05 Å². The fourth-order valence-electron chi connectivity index (χ4n) is 1.75. The van der Waals surface area contributed by atoms with Crippen molar-refractivity contribution in [2.24, 2.45) is 11.8 Å². The van der Waals surface area contributed by atoms with Gasteiger partial charge in [-0.15, -0.1) is 6.58 Å². The summed E-state index contributed by atoms with van der Waals surface area (Å²) in [5, 5.41) is 0. The van der Waals surface area contributed by atoms with Gasteiger partial charge in [0.25, 0.3) is 0 Å². The highest BCUT2D eigenvalue weighted by Gasteiger charge is 2.38. The number of hydrogen-bond acceptors (Lipinski definition) is 4. The first-order valence-corrected chi connectivity index (χ1v) is 9.08. The van der Waals surface area contributed by atoms with Gasteiger partial charge in [-0.3, -0.25) is 9.36 Å². The Labute approximate surface area is 129 Å². The maximum absolute atomic E-state index is 13.0. The molecule has 0 heterocycles. The molecule has 0 bridgehead atoms. The standard InChI is InChI=1S/C16H31O4P/c1-10-12(2)13(3)14(17)11-21(18,19-15(4,5)6)20-16(7,8)9/h10,12-13H,1,11H2,2-9H3/t12-,13+/m0/s1. The number of carbonyl (C=O) groups is 1. The van der Waals surface area contributed by atoms with E-state index in [4.69, 9.17) is 9.05 Å². The highest BCUT2D eigenvalue weighted by molar-refractivity contribution is 7.55. The molecule has 124 valence electrons. The molecule has 0 fully saturated rings. The van der Waals surface area contributed by atoms with Gasteiger partial charge in [0.2, 0.25) is 0 Å². The van der Waals surface area contributed by atoms with Crippen molar-refractivity contribution in [1.29, 1.82) is 0 Å². The van der Waals surface area contributed by atoms with E-state index in [1.807, 2.05) is 13.8 Å². The number of ketones is 1. The minimum Gasteiger partial charge on any atom is -0.302 e. The lowest BCUT2D eigenvalue weighted by molar-refractivity contribution is -0.121. The number of allylic oxidation sites excluding steroid dienone is 1. The summed E-state index contributed by atoms with van der Waals surface area (Å²) >= 11 is 0. The Morgan fingerprint density at radius 3 is 1.76 bits per heavy atom. The van der Waals surface area contributed by atoms with Crippen LogP contribution in [0.2, 0.25) is 0 Å². The average molecular weight is 318 g/mol. The van der Waals surface area contributed by atoms with Gasteiger partial charge in [0.05, 0.1) is 11.2 Å². The van der Waals surface area contributed by atoms with Crippen molar-refractivity contribution in [3.05, 3.63) is 12.7 Å². The molecule has 0 radical (unpaired) electrons. The monoisotopic (exact) mass is 318 g/mol. The second-order valence-electron chi connectivity index (χ2n) is 7.53. The number of carbonyl (C=O) groups excluding carboxylic acids is 1. The third kappa shape index (κ3) is 8.55. The van der Waals surface area contributed by atoms with Gasteiger partial charge in [-0.05, 0) is 47.5 Å². The highest BCUT2D eigenvalue weighted by atomic mass is 31.2. The van der Waals surface area contributed by atoms with Gasteiger partial charge in [-0.2, -0.15) is 0 Å². The van der Waals surface area contributed by atoms with Crippen LogP contribution in [0.5, 0.6) is 0 Å². The van der Waals surface area contributed by atoms with Crippen LogP contribution >= 0.6 is 7.60 Å². The van der Waals surface area contributed by atoms with Gasteiger partial charge in [0, 0.05) is 5.92 Å². The van der Waals surface area contributed by atoms with Crippen LogP contribution in [0.1, 0.15) is 55.4 Å². The van der Waals surface area contributed by atoms with E-state index in [2.05, 4.69) is 6.58 Å². The van der Waals surface area contributed by atoms with Gasteiger partial charge in [-0.25, -0.2) is 0 Å². The molecule has 0 spiro atoms. The number of Topliss-reactive ketones (excluding diaryl/α,β-unsaturated/α-hetero) is 1. The van der Waals surface area contributed by atoms with E-state index in [9.17, 15) is 9.36 Å². The van der Waals surface area contributed by atoms with Gasteiger partial charge in [-0.1, -0.05) is 19.9 Å². The fourth-order valence-corrected chi connectivity index (χ4v) is 4.25. The van der Waals surface area contributed by atoms with Crippen molar-refractivity contribution in [3.8, 4) is 0 Å². The Bertz CT molecular complexity index is 395. The number of hydrogen-bond donors (Lipinski definition) is 0. The largest absolute Gasteiger partial charge is 0.339 e. The van der Waals surface area contributed by atoms with Crippen molar-refractivity contribution < 1.29 is 18.4 Å². The average Bonchev–Trinajstić information content (AvgIpc) is 2.20. The van der Waals surface area contributed by atoms with Crippen molar-refractivity contribution >= 4 is 13.4 Å². The second kappa shape index (κ2) is 7.21. The van der Waals surface area contributed by atoms with Crippen LogP contribution in [-0.2, 0) is 18.4 Å². The predicted molar refractivity (Wildman–Crippen MR) is 87.7 cm³/mol. The fraction of sp³-hybridized carbons (Fsp3) is 0.812. The SMILES string of the molecule is C=C[C@H](C)[C@@H](C)C(=O)CP(=O)(OC(C)(C)C)OC(C)(C)C. The van der Waals surface area contributed by atoms with Crippen LogP contribution in [0.25, 0.3) is 0 Å². The molecule has 5 heteroatoms. The van der Waals surface area contributed by atoms with Crippen LogP contribution in [0, 0.1) is 11.8 Å². The third-order valence-electron chi connectivity index (χ3n) is 2.84. The summed E-state index contributed by atoms with van der Waals surface area (Å²) in [7, 11) is -3.51. The smallest absolute Gasteiger partial charge is 0.302 e. The number of rotatable bonds is 7. The Morgan fingerprint density at radius 1 is 1.10 bits per heavy atom. The molecule has 0 aliphatic rings. The molecule has 0 amide bonds. The summed E-state index contributed by atoms with van der Waals surface area (Å²) in [5.74, 6) is -0.364. The first kappa shape index (κ1) is 20.6. The first-order valence-electron chi connectivity index (χ1n) is 7.35. The van der Waals surface area contributed by atoms with Crippen LogP contribution < -0.4 is 0 Å². The molecule has 0 unspecified atom stereocenters. The van der Waals surface area contributed by atoms with E-state index in [-0.39, 0.29) is 23.8 Å². The molecule has 0 N–H and O–H groups in total. The molecule has 0 aromatic carbocycles. The van der Waals surface area contributed by atoms with Crippen LogP contribution in [0.15, 0.2) is 12.7 Å². The first-order chi connectivity index (χ1) is 9.19. The van der Waals surface area contributed by atoms with E-state index in [1.165, 1.54) is 0 Å². The van der Waals surface area contributed by atoms with Crippen molar-refractivity contribution in [3.63, 3.8) is 0 Å².